The second-order valence-electron chi connectivity index (χ2n) is 5.70. The summed E-state index contributed by atoms with van der Waals surface area (Å²) < 4.78 is 0. The lowest BCUT2D eigenvalue weighted by Crippen LogP contribution is -2.31. The zero-order valence-electron chi connectivity index (χ0n) is 11.8. The first-order valence-corrected chi connectivity index (χ1v) is 6.82. The van der Waals surface area contributed by atoms with Crippen LogP contribution in [-0.4, -0.2) is 44.2 Å². The third-order valence-corrected chi connectivity index (χ3v) is 3.75. The number of hydrogen-bond acceptors (Lipinski definition) is 3. The van der Waals surface area contributed by atoms with Crippen molar-refractivity contribution in [2.45, 2.75) is 31.8 Å². The van der Waals surface area contributed by atoms with Crippen LogP contribution in [0, 0.1) is 0 Å². The van der Waals surface area contributed by atoms with Gasteiger partial charge in [-0.1, -0.05) is 12.1 Å². The molecule has 1 aromatic carbocycles. The van der Waals surface area contributed by atoms with Gasteiger partial charge in [-0.15, -0.1) is 0 Å². The molecular formula is C15H25N3. The van der Waals surface area contributed by atoms with E-state index in [1.165, 1.54) is 17.7 Å². The first-order chi connectivity index (χ1) is 8.56. The van der Waals surface area contributed by atoms with Gasteiger partial charge in [0, 0.05) is 30.9 Å². The van der Waals surface area contributed by atoms with E-state index in [-0.39, 0.29) is 6.04 Å². The molecule has 2 N–H and O–H groups in total. The molecule has 1 fully saturated rings. The standard InChI is InChI=1S/C15H25N3/c1-12(16)10-13-4-6-14(7-5-13)18-9-8-15(11-18)17(2)3/h4-7,12,15H,8-11,16H2,1-3H3. The molecule has 1 aromatic rings. The number of anilines is 1. The van der Waals surface area contributed by atoms with E-state index < -0.39 is 0 Å². The zero-order valence-corrected chi connectivity index (χ0v) is 11.8. The van der Waals surface area contributed by atoms with Crippen LogP contribution in [0.15, 0.2) is 24.3 Å². The Bertz CT molecular complexity index is 370. The summed E-state index contributed by atoms with van der Waals surface area (Å²) in [6.07, 6.45) is 2.22. The summed E-state index contributed by atoms with van der Waals surface area (Å²) >= 11 is 0. The summed E-state index contributed by atoms with van der Waals surface area (Å²) in [5.41, 5.74) is 8.49. The molecule has 1 aliphatic rings. The van der Waals surface area contributed by atoms with Gasteiger partial charge in [-0.2, -0.15) is 0 Å². The molecule has 3 heteroatoms. The Hall–Kier alpha value is -1.06. The highest BCUT2D eigenvalue weighted by atomic mass is 15.2. The summed E-state index contributed by atoms with van der Waals surface area (Å²) in [4.78, 5) is 4.80. The van der Waals surface area contributed by atoms with Crippen molar-refractivity contribution in [2.75, 3.05) is 32.1 Å². The van der Waals surface area contributed by atoms with Gasteiger partial charge < -0.3 is 15.5 Å². The van der Waals surface area contributed by atoms with Crippen molar-refractivity contribution in [2.24, 2.45) is 5.73 Å². The number of nitrogens with zero attached hydrogens (tertiary/aromatic N) is 2. The van der Waals surface area contributed by atoms with E-state index in [2.05, 4.69) is 55.1 Å². The minimum Gasteiger partial charge on any atom is -0.370 e. The predicted octanol–water partition coefficient (Wildman–Crippen LogP) is 1.72. The molecule has 1 saturated heterocycles. The van der Waals surface area contributed by atoms with Crippen molar-refractivity contribution < 1.29 is 0 Å². The molecule has 0 aromatic heterocycles. The lowest BCUT2D eigenvalue weighted by molar-refractivity contribution is 0.315. The number of benzene rings is 1. The second-order valence-corrected chi connectivity index (χ2v) is 5.70. The predicted molar refractivity (Wildman–Crippen MR) is 78.1 cm³/mol. The topological polar surface area (TPSA) is 32.5 Å². The first-order valence-electron chi connectivity index (χ1n) is 6.82. The molecule has 18 heavy (non-hydrogen) atoms. The normalized spacial score (nSPS) is 21.6. The molecule has 0 amide bonds. The van der Waals surface area contributed by atoms with E-state index in [1.54, 1.807) is 0 Å². The SMILES string of the molecule is CC(N)Cc1ccc(N2CCC(N(C)C)C2)cc1. The summed E-state index contributed by atoms with van der Waals surface area (Å²) in [6, 6.07) is 9.81. The molecule has 3 nitrogen and oxygen atoms in total. The molecule has 100 valence electrons. The maximum Gasteiger partial charge on any atom is 0.0366 e. The maximum absolute atomic E-state index is 5.82. The lowest BCUT2D eigenvalue weighted by Gasteiger charge is -2.22. The van der Waals surface area contributed by atoms with Crippen LogP contribution in [0.3, 0.4) is 0 Å². The van der Waals surface area contributed by atoms with Gasteiger partial charge in [0.15, 0.2) is 0 Å². The van der Waals surface area contributed by atoms with E-state index in [4.69, 9.17) is 5.73 Å². The molecule has 1 heterocycles. The number of likely N-dealkylation sites (N-methyl/N-ethyl adjacent to an activating group) is 1. The minimum atomic E-state index is 0.237. The van der Waals surface area contributed by atoms with E-state index in [1.807, 2.05) is 0 Å². The average Bonchev–Trinajstić information content (AvgIpc) is 2.78. The monoisotopic (exact) mass is 247 g/mol. The van der Waals surface area contributed by atoms with Gasteiger partial charge in [0.25, 0.3) is 0 Å². The van der Waals surface area contributed by atoms with Crippen molar-refractivity contribution in [1.29, 1.82) is 0 Å². The van der Waals surface area contributed by atoms with Crippen LogP contribution in [0.1, 0.15) is 18.9 Å². The van der Waals surface area contributed by atoms with Gasteiger partial charge in [0.1, 0.15) is 0 Å². The summed E-state index contributed by atoms with van der Waals surface area (Å²) in [7, 11) is 4.33. The Morgan fingerprint density at radius 2 is 2.00 bits per heavy atom. The molecule has 1 aliphatic heterocycles. The highest BCUT2D eigenvalue weighted by Gasteiger charge is 2.23. The molecule has 0 spiro atoms. The largest absolute Gasteiger partial charge is 0.370 e. The van der Waals surface area contributed by atoms with Crippen molar-refractivity contribution >= 4 is 5.69 Å². The highest BCUT2D eigenvalue weighted by molar-refractivity contribution is 5.48. The highest BCUT2D eigenvalue weighted by Crippen LogP contribution is 2.22. The van der Waals surface area contributed by atoms with E-state index in [9.17, 15) is 0 Å². The van der Waals surface area contributed by atoms with Gasteiger partial charge >= 0.3 is 0 Å². The van der Waals surface area contributed by atoms with Crippen LogP contribution in [0.25, 0.3) is 0 Å². The van der Waals surface area contributed by atoms with Crippen LogP contribution < -0.4 is 10.6 Å². The van der Waals surface area contributed by atoms with Crippen molar-refractivity contribution in [3.05, 3.63) is 29.8 Å². The number of nitrogens with two attached hydrogens (primary N) is 1. The number of hydrogen-bond donors (Lipinski definition) is 1. The Morgan fingerprint density at radius 3 is 2.50 bits per heavy atom. The van der Waals surface area contributed by atoms with Crippen LogP contribution >= 0.6 is 0 Å². The Kier molecular flexibility index (Phi) is 4.25. The van der Waals surface area contributed by atoms with Crippen molar-refractivity contribution in [3.8, 4) is 0 Å². The third-order valence-electron chi connectivity index (χ3n) is 3.75. The van der Waals surface area contributed by atoms with E-state index in [0.717, 1.165) is 19.5 Å². The molecule has 0 radical (unpaired) electrons. The maximum atomic E-state index is 5.82. The van der Waals surface area contributed by atoms with Gasteiger partial charge in [-0.3, -0.25) is 0 Å². The number of rotatable bonds is 4. The zero-order chi connectivity index (χ0) is 13.1. The van der Waals surface area contributed by atoms with Gasteiger partial charge in [0.05, 0.1) is 0 Å². The molecule has 2 atom stereocenters. The molecule has 2 unspecified atom stereocenters. The smallest absolute Gasteiger partial charge is 0.0366 e. The van der Waals surface area contributed by atoms with E-state index >= 15 is 0 Å². The average molecular weight is 247 g/mol. The van der Waals surface area contributed by atoms with Gasteiger partial charge in [-0.05, 0) is 51.6 Å². The van der Waals surface area contributed by atoms with Gasteiger partial charge in [-0.25, -0.2) is 0 Å². The quantitative estimate of drug-likeness (QED) is 0.879. The molecule has 0 bridgehead atoms. The van der Waals surface area contributed by atoms with E-state index in [0.29, 0.717) is 6.04 Å². The molecular weight excluding hydrogens is 222 g/mol. The third kappa shape index (κ3) is 3.24. The van der Waals surface area contributed by atoms with Gasteiger partial charge in [0.2, 0.25) is 0 Å². The molecule has 2 rings (SSSR count). The Balaban J connectivity index is 1.98. The van der Waals surface area contributed by atoms with Crippen LogP contribution in [-0.2, 0) is 6.42 Å². The Morgan fingerprint density at radius 1 is 1.33 bits per heavy atom. The van der Waals surface area contributed by atoms with Crippen LogP contribution in [0.2, 0.25) is 0 Å². The minimum absolute atomic E-state index is 0.237. The Labute approximate surface area is 111 Å². The summed E-state index contributed by atoms with van der Waals surface area (Å²) in [5, 5.41) is 0. The summed E-state index contributed by atoms with van der Waals surface area (Å²) in [6.45, 7) is 4.35. The first kappa shape index (κ1) is 13.4. The van der Waals surface area contributed by atoms with Crippen molar-refractivity contribution in [3.63, 3.8) is 0 Å². The fraction of sp³-hybridized carbons (Fsp3) is 0.600. The van der Waals surface area contributed by atoms with Crippen molar-refractivity contribution in [1.82, 2.24) is 4.90 Å². The lowest BCUT2D eigenvalue weighted by atomic mass is 10.1. The van der Waals surface area contributed by atoms with Crippen LogP contribution in [0.5, 0.6) is 0 Å². The molecule has 0 aliphatic carbocycles. The fourth-order valence-corrected chi connectivity index (χ4v) is 2.61. The summed E-state index contributed by atoms with van der Waals surface area (Å²) in [5.74, 6) is 0. The fourth-order valence-electron chi connectivity index (χ4n) is 2.61. The van der Waals surface area contributed by atoms with Crippen LogP contribution in [0.4, 0.5) is 5.69 Å². The molecule has 0 saturated carbocycles. The second kappa shape index (κ2) is 5.72.